The number of nitrogens with two attached hydrogens (primary N) is 1. The molecule has 0 aliphatic rings. The fourth-order valence-electron chi connectivity index (χ4n) is 1.81. The van der Waals surface area contributed by atoms with Gasteiger partial charge in [0, 0.05) is 22.8 Å². The predicted octanol–water partition coefficient (Wildman–Crippen LogP) is 2.30. The van der Waals surface area contributed by atoms with Gasteiger partial charge in [-0.3, -0.25) is 15.1 Å². The molecule has 0 radical (unpaired) electrons. The van der Waals surface area contributed by atoms with Gasteiger partial charge >= 0.3 is 0 Å². The van der Waals surface area contributed by atoms with E-state index in [1.807, 2.05) is 12.1 Å². The molecular formula is C14H13BrFN3O. The summed E-state index contributed by atoms with van der Waals surface area (Å²) >= 11 is 3.17. The Bertz CT molecular complexity index is 607. The van der Waals surface area contributed by atoms with Crippen LogP contribution >= 0.6 is 15.9 Å². The molecule has 0 fully saturated rings. The maximum Gasteiger partial charge on any atom is 0.239 e. The van der Waals surface area contributed by atoms with Gasteiger partial charge in [-0.05, 0) is 24.3 Å². The molecule has 1 amide bonds. The second-order valence-electron chi connectivity index (χ2n) is 4.20. The van der Waals surface area contributed by atoms with Crippen LogP contribution in [0.5, 0.6) is 0 Å². The lowest BCUT2D eigenvalue weighted by molar-refractivity contribution is -0.120. The zero-order valence-electron chi connectivity index (χ0n) is 10.5. The molecule has 0 spiro atoms. The molecule has 2 aromatic rings. The first-order valence-corrected chi connectivity index (χ1v) is 6.75. The van der Waals surface area contributed by atoms with Crippen LogP contribution in [0.4, 0.5) is 4.39 Å². The largest absolute Gasteiger partial charge is 0.368 e. The Morgan fingerprint density at radius 3 is 2.80 bits per heavy atom. The number of primary amides is 1. The molecule has 104 valence electrons. The van der Waals surface area contributed by atoms with E-state index in [2.05, 4.69) is 26.2 Å². The van der Waals surface area contributed by atoms with Gasteiger partial charge in [-0.1, -0.05) is 28.1 Å². The van der Waals surface area contributed by atoms with Gasteiger partial charge in [0.25, 0.3) is 0 Å². The third-order valence-electron chi connectivity index (χ3n) is 2.77. The Kier molecular flexibility index (Phi) is 4.81. The van der Waals surface area contributed by atoms with Crippen molar-refractivity contribution in [1.82, 2.24) is 10.3 Å². The fourth-order valence-corrected chi connectivity index (χ4v) is 2.14. The van der Waals surface area contributed by atoms with Crippen LogP contribution < -0.4 is 11.1 Å². The summed E-state index contributed by atoms with van der Waals surface area (Å²) in [6.07, 6.45) is 1.65. The number of aromatic nitrogens is 1. The number of carbonyl (C=O) groups excluding carboxylic acids is 1. The summed E-state index contributed by atoms with van der Waals surface area (Å²) in [5, 5.41) is 2.92. The van der Waals surface area contributed by atoms with Crippen LogP contribution in [0.15, 0.2) is 47.1 Å². The number of benzene rings is 1. The molecule has 4 nitrogen and oxygen atoms in total. The van der Waals surface area contributed by atoms with Crippen LogP contribution in [-0.2, 0) is 11.3 Å². The number of nitrogens with one attached hydrogen (secondary N) is 1. The first-order chi connectivity index (χ1) is 9.58. The van der Waals surface area contributed by atoms with Crippen molar-refractivity contribution in [1.29, 1.82) is 0 Å². The Balaban J connectivity index is 2.17. The van der Waals surface area contributed by atoms with Crippen molar-refractivity contribution in [3.8, 4) is 0 Å². The highest BCUT2D eigenvalue weighted by Gasteiger charge is 2.21. The van der Waals surface area contributed by atoms with Crippen LogP contribution in [0.2, 0.25) is 0 Å². The zero-order chi connectivity index (χ0) is 14.5. The first kappa shape index (κ1) is 14.6. The second kappa shape index (κ2) is 6.58. The number of rotatable bonds is 5. The van der Waals surface area contributed by atoms with Gasteiger partial charge in [-0.2, -0.15) is 0 Å². The third-order valence-corrected chi connectivity index (χ3v) is 3.26. The van der Waals surface area contributed by atoms with Crippen LogP contribution in [0.1, 0.15) is 17.3 Å². The molecule has 1 aromatic heterocycles. The van der Waals surface area contributed by atoms with Gasteiger partial charge < -0.3 is 5.73 Å². The monoisotopic (exact) mass is 337 g/mol. The molecule has 0 aliphatic carbocycles. The van der Waals surface area contributed by atoms with Crippen molar-refractivity contribution in [3.63, 3.8) is 0 Å². The van der Waals surface area contributed by atoms with E-state index in [1.54, 1.807) is 18.3 Å². The molecule has 0 unspecified atom stereocenters. The normalized spacial score (nSPS) is 12.1. The molecule has 3 N–H and O–H groups in total. The van der Waals surface area contributed by atoms with Gasteiger partial charge in [-0.25, -0.2) is 4.39 Å². The summed E-state index contributed by atoms with van der Waals surface area (Å²) in [6.45, 7) is 0.323. The molecule has 1 heterocycles. The highest BCUT2D eigenvalue weighted by molar-refractivity contribution is 9.10. The molecule has 0 saturated heterocycles. The number of carbonyl (C=O) groups is 1. The van der Waals surface area contributed by atoms with E-state index in [9.17, 15) is 9.18 Å². The molecule has 1 atom stereocenters. The molecule has 6 heteroatoms. The summed E-state index contributed by atoms with van der Waals surface area (Å²) in [5.41, 5.74) is 6.31. The fraction of sp³-hybridized carbons (Fsp3) is 0.143. The number of nitrogens with zero attached hydrogens (tertiary/aromatic N) is 1. The standard InChI is InChI=1S/C14H13BrFN3O/c15-9-4-5-11(12(16)7-9)13(14(17)20)19-8-10-3-1-2-6-18-10/h1-7,13,19H,8H2,(H2,17,20)/t13-/m0/s1. The predicted molar refractivity (Wildman–Crippen MR) is 77.1 cm³/mol. The van der Waals surface area contributed by atoms with Crippen LogP contribution in [-0.4, -0.2) is 10.9 Å². The van der Waals surface area contributed by atoms with E-state index in [0.29, 0.717) is 11.0 Å². The van der Waals surface area contributed by atoms with Crippen molar-refractivity contribution in [3.05, 3.63) is 64.1 Å². The minimum absolute atomic E-state index is 0.219. The lowest BCUT2D eigenvalue weighted by atomic mass is 10.1. The van der Waals surface area contributed by atoms with Crippen molar-refractivity contribution in [2.75, 3.05) is 0 Å². The van der Waals surface area contributed by atoms with E-state index in [1.165, 1.54) is 12.1 Å². The average Bonchev–Trinajstić information content (AvgIpc) is 2.42. The minimum Gasteiger partial charge on any atom is -0.368 e. The average molecular weight is 338 g/mol. The minimum atomic E-state index is -0.898. The Morgan fingerprint density at radius 2 is 2.20 bits per heavy atom. The number of hydrogen-bond donors (Lipinski definition) is 2. The molecule has 0 bridgehead atoms. The van der Waals surface area contributed by atoms with E-state index in [-0.39, 0.29) is 5.56 Å². The Hall–Kier alpha value is -1.79. The summed E-state index contributed by atoms with van der Waals surface area (Å²) in [4.78, 5) is 15.6. The van der Waals surface area contributed by atoms with E-state index in [4.69, 9.17) is 5.73 Å². The van der Waals surface area contributed by atoms with Crippen molar-refractivity contribution in [2.24, 2.45) is 5.73 Å². The highest BCUT2D eigenvalue weighted by atomic mass is 79.9. The van der Waals surface area contributed by atoms with Crippen LogP contribution in [0.25, 0.3) is 0 Å². The van der Waals surface area contributed by atoms with Gasteiger partial charge in [-0.15, -0.1) is 0 Å². The van der Waals surface area contributed by atoms with E-state index < -0.39 is 17.8 Å². The van der Waals surface area contributed by atoms with Crippen molar-refractivity contribution >= 4 is 21.8 Å². The maximum absolute atomic E-state index is 13.9. The zero-order valence-corrected chi connectivity index (χ0v) is 12.1. The van der Waals surface area contributed by atoms with E-state index in [0.717, 1.165) is 5.69 Å². The smallest absolute Gasteiger partial charge is 0.239 e. The summed E-state index contributed by atoms with van der Waals surface area (Å²) < 4.78 is 14.5. The molecule has 0 saturated carbocycles. The Morgan fingerprint density at radius 1 is 1.40 bits per heavy atom. The number of amides is 1. The topological polar surface area (TPSA) is 68.0 Å². The van der Waals surface area contributed by atoms with Gasteiger partial charge in [0.2, 0.25) is 5.91 Å². The quantitative estimate of drug-likeness (QED) is 0.879. The van der Waals surface area contributed by atoms with Gasteiger partial charge in [0.1, 0.15) is 11.9 Å². The first-order valence-electron chi connectivity index (χ1n) is 5.95. The number of pyridine rings is 1. The number of hydrogen-bond acceptors (Lipinski definition) is 3. The highest BCUT2D eigenvalue weighted by Crippen LogP contribution is 2.21. The van der Waals surface area contributed by atoms with Crippen molar-refractivity contribution < 1.29 is 9.18 Å². The Labute approximate surface area is 124 Å². The van der Waals surface area contributed by atoms with Gasteiger partial charge in [0.15, 0.2) is 0 Å². The lowest BCUT2D eigenvalue weighted by Gasteiger charge is -2.16. The van der Waals surface area contributed by atoms with Crippen LogP contribution in [0, 0.1) is 5.82 Å². The van der Waals surface area contributed by atoms with Crippen molar-refractivity contribution in [2.45, 2.75) is 12.6 Å². The second-order valence-corrected chi connectivity index (χ2v) is 5.12. The third kappa shape index (κ3) is 3.61. The molecule has 20 heavy (non-hydrogen) atoms. The maximum atomic E-state index is 13.9. The van der Waals surface area contributed by atoms with E-state index >= 15 is 0 Å². The molecule has 1 aromatic carbocycles. The lowest BCUT2D eigenvalue weighted by Crippen LogP contribution is -2.34. The summed E-state index contributed by atoms with van der Waals surface area (Å²) in [7, 11) is 0. The van der Waals surface area contributed by atoms with Gasteiger partial charge in [0.05, 0.1) is 5.69 Å². The molecular weight excluding hydrogens is 325 g/mol. The summed E-state index contributed by atoms with van der Waals surface area (Å²) in [6, 6.07) is 9.03. The molecule has 0 aliphatic heterocycles. The SMILES string of the molecule is NC(=O)[C@@H](NCc1ccccn1)c1ccc(Br)cc1F. The molecule has 2 rings (SSSR count). The van der Waals surface area contributed by atoms with Crippen LogP contribution in [0.3, 0.4) is 0 Å². The summed E-state index contributed by atoms with van der Waals surface area (Å²) in [5.74, 6) is -1.13. The number of halogens is 2.